The number of para-hydroxylation sites is 2. The van der Waals surface area contributed by atoms with Crippen molar-refractivity contribution in [1.29, 1.82) is 0 Å². The van der Waals surface area contributed by atoms with E-state index in [1.54, 1.807) is 24.1 Å². The van der Waals surface area contributed by atoms with E-state index >= 15 is 0 Å². The van der Waals surface area contributed by atoms with Crippen molar-refractivity contribution in [3.05, 3.63) is 24.3 Å². The molecule has 0 heterocycles. The maximum Gasteiger partial charge on any atom is 0.238 e. The summed E-state index contributed by atoms with van der Waals surface area (Å²) in [4.78, 5) is 13.5. The molecule has 1 amide bonds. The summed E-state index contributed by atoms with van der Waals surface area (Å²) in [6, 6.07) is 7.06. The molecule has 5 heteroatoms. The van der Waals surface area contributed by atoms with Crippen molar-refractivity contribution in [2.75, 3.05) is 31.2 Å². The highest BCUT2D eigenvalue weighted by atomic mass is 16.3. The summed E-state index contributed by atoms with van der Waals surface area (Å²) in [6.07, 6.45) is 0. The summed E-state index contributed by atoms with van der Waals surface area (Å²) in [5, 5.41) is 11.7. The number of likely N-dealkylation sites (N-methyl/N-ethyl adjacent to an activating group) is 1. The number of anilines is 2. The monoisotopic (exact) mass is 237 g/mol. The molecule has 0 saturated heterocycles. The van der Waals surface area contributed by atoms with Crippen molar-refractivity contribution in [3.8, 4) is 0 Å². The van der Waals surface area contributed by atoms with Crippen LogP contribution in [0.5, 0.6) is 0 Å². The lowest BCUT2D eigenvalue weighted by Crippen LogP contribution is -2.38. The van der Waals surface area contributed by atoms with Crippen LogP contribution in [0.4, 0.5) is 11.4 Å². The number of aliphatic hydroxyl groups excluding tert-OH is 1. The van der Waals surface area contributed by atoms with Crippen LogP contribution in [0.25, 0.3) is 0 Å². The van der Waals surface area contributed by atoms with Gasteiger partial charge in [-0.3, -0.25) is 9.69 Å². The number of rotatable bonds is 5. The lowest BCUT2D eigenvalue weighted by atomic mass is 10.2. The predicted molar refractivity (Wildman–Crippen MR) is 68.7 cm³/mol. The fourth-order valence-corrected chi connectivity index (χ4v) is 1.32. The SMILES string of the molecule is CC(CO)N(C)CC(=O)Nc1ccccc1N. The molecule has 0 saturated carbocycles. The number of nitrogens with two attached hydrogens (primary N) is 1. The molecule has 1 aromatic rings. The third kappa shape index (κ3) is 4.05. The molecule has 0 bridgehead atoms. The van der Waals surface area contributed by atoms with Crippen LogP contribution in [0.15, 0.2) is 24.3 Å². The Labute approximate surface area is 101 Å². The van der Waals surface area contributed by atoms with E-state index in [1.807, 2.05) is 19.1 Å². The zero-order valence-corrected chi connectivity index (χ0v) is 10.2. The third-order valence-corrected chi connectivity index (χ3v) is 2.64. The maximum atomic E-state index is 11.7. The lowest BCUT2D eigenvalue weighted by Gasteiger charge is -2.22. The van der Waals surface area contributed by atoms with E-state index in [0.29, 0.717) is 11.4 Å². The minimum absolute atomic E-state index is 0.0251. The number of nitrogen functional groups attached to an aromatic ring is 1. The van der Waals surface area contributed by atoms with Crippen LogP contribution in [0.2, 0.25) is 0 Å². The number of nitrogens with zero attached hydrogens (tertiary/aromatic N) is 1. The number of benzene rings is 1. The average molecular weight is 237 g/mol. The predicted octanol–water partition coefficient (Wildman–Crippen LogP) is 0.520. The van der Waals surface area contributed by atoms with Gasteiger partial charge in [0.05, 0.1) is 24.5 Å². The van der Waals surface area contributed by atoms with Gasteiger partial charge in [0.15, 0.2) is 0 Å². The Hall–Kier alpha value is -1.59. The van der Waals surface area contributed by atoms with Gasteiger partial charge in [0.25, 0.3) is 0 Å². The highest BCUT2D eigenvalue weighted by Crippen LogP contribution is 2.16. The first-order chi connectivity index (χ1) is 8.04. The minimum Gasteiger partial charge on any atom is -0.397 e. The number of nitrogens with one attached hydrogen (secondary N) is 1. The second-order valence-corrected chi connectivity index (χ2v) is 4.08. The maximum absolute atomic E-state index is 11.7. The fraction of sp³-hybridized carbons (Fsp3) is 0.417. The van der Waals surface area contributed by atoms with Crippen LogP contribution in [-0.4, -0.2) is 42.2 Å². The molecule has 1 unspecified atom stereocenters. The third-order valence-electron chi connectivity index (χ3n) is 2.64. The highest BCUT2D eigenvalue weighted by Gasteiger charge is 2.12. The summed E-state index contributed by atoms with van der Waals surface area (Å²) in [5.41, 5.74) is 6.87. The lowest BCUT2D eigenvalue weighted by molar-refractivity contribution is -0.117. The van der Waals surface area contributed by atoms with E-state index in [2.05, 4.69) is 5.32 Å². The highest BCUT2D eigenvalue weighted by molar-refractivity contribution is 5.95. The van der Waals surface area contributed by atoms with Crippen molar-refractivity contribution in [3.63, 3.8) is 0 Å². The van der Waals surface area contributed by atoms with E-state index in [-0.39, 0.29) is 25.1 Å². The first-order valence-corrected chi connectivity index (χ1v) is 5.50. The Kier molecular flexibility index (Phi) is 4.93. The molecule has 94 valence electrons. The fourth-order valence-electron chi connectivity index (χ4n) is 1.32. The zero-order valence-electron chi connectivity index (χ0n) is 10.2. The van der Waals surface area contributed by atoms with Crippen LogP contribution >= 0.6 is 0 Å². The van der Waals surface area contributed by atoms with E-state index in [0.717, 1.165) is 0 Å². The Morgan fingerprint density at radius 1 is 1.53 bits per heavy atom. The van der Waals surface area contributed by atoms with Crippen LogP contribution in [-0.2, 0) is 4.79 Å². The molecule has 5 nitrogen and oxygen atoms in total. The summed E-state index contributed by atoms with van der Waals surface area (Å²) in [5.74, 6) is -0.147. The van der Waals surface area contributed by atoms with E-state index in [1.165, 1.54) is 0 Å². The molecule has 0 spiro atoms. The molecular weight excluding hydrogens is 218 g/mol. The van der Waals surface area contributed by atoms with Gasteiger partial charge in [-0.15, -0.1) is 0 Å². The number of carbonyl (C=O) groups excluding carboxylic acids is 1. The van der Waals surface area contributed by atoms with Gasteiger partial charge in [0.2, 0.25) is 5.91 Å². The Morgan fingerprint density at radius 2 is 2.18 bits per heavy atom. The quantitative estimate of drug-likeness (QED) is 0.652. The second kappa shape index (κ2) is 6.22. The number of carbonyl (C=O) groups is 1. The molecule has 0 aliphatic carbocycles. The molecule has 1 atom stereocenters. The van der Waals surface area contributed by atoms with Gasteiger partial charge < -0.3 is 16.2 Å². The summed E-state index contributed by atoms with van der Waals surface area (Å²) in [7, 11) is 1.79. The number of hydrogen-bond donors (Lipinski definition) is 3. The average Bonchev–Trinajstić information content (AvgIpc) is 2.31. The van der Waals surface area contributed by atoms with E-state index < -0.39 is 0 Å². The van der Waals surface area contributed by atoms with Gasteiger partial charge in [0, 0.05) is 6.04 Å². The summed E-state index contributed by atoms with van der Waals surface area (Å²) < 4.78 is 0. The van der Waals surface area contributed by atoms with Crippen molar-refractivity contribution in [2.45, 2.75) is 13.0 Å². The van der Waals surface area contributed by atoms with Crippen molar-refractivity contribution >= 4 is 17.3 Å². The van der Waals surface area contributed by atoms with Crippen molar-refractivity contribution in [1.82, 2.24) is 4.90 Å². The molecule has 0 aromatic heterocycles. The molecule has 0 aliphatic heterocycles. The number of amides is 1. The molecule has 1 aromatic carbocycles. The second-order valence-electron chi connectivity index (χ2n) is 4.08. The summed E-state index contributed by atoms with van der Waals surface area (Å²) >= 11 is 0. The number of hydrogen-bond acceptors (Lipinski definition) is 4. The van der Waals surface area contributed by atoms with Crippen molar-refractivity contribution < 1.29 is 9.90 Å². The molecule has 0 fully saturated rings. The smallest absolute Gasteiger partial charge is 0.238 e. The Balaban J connectivity index is 2.53. The van der Waals surface area contributed by atoms with Gasteiger partial charge in [-0.2, -0.15) is 0 Å². The first-order valence-electron chi connectivity index (χ1n) is 5.50. The Morgan fingerprint density at radius 3 is 2.76 bits per heavy atom. The standard InChI is InChI=1S/C12H19N3O2/c1-9(8-16)15(2)7-12(17)14-11-6-4-3-5-10(11)13/h3-6,9,16H,7-8,13H2,1-2H3,(H,14,17). The molecule has 4 N–H and O–H groups in total. The zero-order chi connectivity index (χ0) is 12.8. The van der Waals surface area contributed by atoms with Gasteiger partial charge in [-0.25, -0.2) is 0 Å². The van der Waals surface area contributed by atoms with Crippen molar-refractivity contribution in [2.24, 2.45) is 0 Å². The van der Waals surface area contributed by atoms with E-state index in [4.69, 9.17) is 10.8 Å². The van der Waals surface area contributed by atoms with Gasteiger partial charge in [-0.1, -0.05) is 12.1 Å². The Bertz CT molecular complexity index is 382. The molecule has 0 radical (unpaired) electrons. The van der Waals surface area contributed by atoms with Gasteiger partial charge in [-0.05, 0) is 26.1 Å². The molecular formula is C12H19N3O2. The van der Waals surface area contributed by atoms with E-state index in [9.17, 15) is 4.79 Å². The normalized spacial score (nSPS) is 12.5. The van der Waals surface area contributed by atoms with Gasteiger partial charge in [0.1, 0.15) is 0 Å². The van der Waals surface area contributed by atoms with Crippen LogP contribution in [0, 0.1) is 0 Å². The van der Waals surface area contributed by atoms with Crippen LogP contribution < -0.4 is 11.1 Å². The van der Waals surface area contributed by atoms with Crippen LogP contribution in [0.1, 0.15) is 6.92 Å². The first kappa shape index (κ1) is 13.5. The topological polar surface area (TPSA) is 78.6 Å². The summed E-state index contributed by atoms with van der Waals surface area (Å²) in [6.45, 7) is 2.09. The molecule has 0 aliphatic rings. The van der Waals surface area contributed by atoms with Gasteiger partial charge >= 0.3 is 0 Å². The van der Waals surface area contributed by atoms with Crippen LogP contribution in [0.3, 0.4) is 0 Å². The largest absolute Gasteiger partial charge is 0.397 e. The molecule has 17 heavy (non-hydrogen) atoms. The number of aliphatic hydroxyl groups is 1. The molecule has 1 rings (SSSR count). The minimum atomic E-state index is -0.147.